The molecule has 1 saturated carbocycles. The number of carbonyl (C=O) groups excluding carboxylic acids is 1. The summed E-state index contributed by atoms with van der Waals surface area (Å²) in [6.45, 7) is -0.327. The average Bonchev–Trinajstić information content (AvgIpc) is 3.12. The van der Waals surface area contributed by atoms with Crippen molar-refractivity contribution in [2.24, 2.45) is 7.05 Å². The van der Waals surface area contributed by atoms with Gasteiger partial charge >= 0.3 is 5.97 Å². The lowest BCUT2D eigenvalue weighted by Crippen LogP contribution is -2.39. The molecule has 1 aromatic heterocycles. The van der Waals surface area contributed by atoms with Gasteiger partial charge < -0.3 is 14.6 Å². The van der Waals surface area contributed by atoms with Gasteiger partial charge in [0.25, 0.3) is 11.5 Å². The van der Waals surface area contributed by atoms with E-state index in [1.807, 2.05) is 0 Å². The Morgan fingerprint density at radius 3 is 2.67 bits per heavy atom. The Bertz CT molecular complexity index is 545. The molecule has 1 N–H and O–H groups in total. The van der Waals surface area contributed by atoms with Gasteiger partial charge in [0.05, 0.1) is 0 Å². The summed E-state index contributed by atoms with van der Waals surface area (Å²) < 4.78 is 1.24. The number of carbonyl (C=O) groups is 2. The number of pyridine rings is 1. The van der Waals surface area contributed by atoms with Gasteiger partial charge in [-0.1, -0.05) is 6.07 Å². The van der Waals surface area contributed by atoms with E-state index in [2.05, 4.69) is 0 Å². The first-order valence-corrected chi connectivity index (χ1v) is 5.69. The second-order valence-electron chi connectivity index (χ2n) is 4.37. The van der Waals surface area contributed by atoms with Crippen molar-refractivity contribution in [3.05, 3.63) is 34.2 Å². The van der Waals surface area contributed by atoms with Gasteiger partial charge in [0, 0.05) is 19.2 Å². The van der Waals surface area contributed by atoms with Gasteiger partial charge in [-0.25, -0.2) is 0 Å². The van der Waals surface area contributed by atoms with Crippen LogP contribution in [0.25, 0.3) is 0 Å². The molecule has 1 heterocycles. The molecule has 0 radical (unpaired) electrons. The lowest BCUT2D eigenvalue weighted by molar-refractivity contribution is -0.137. The molecule has 0 aliphatic heterocycles. The van der Waals surface area contributed by atoms with Crippen LogP contribution in [0, 0.1) is 0 Å². The molecular formula is C12H14N2O4. The standard InChI is InChI=1S/C12H14N2O4/c1-13-9(3-2-4-10(13)15)12(18)14(7-11(16)17)8-5-6-8/h2-4,8H,5-7H2,1H3,(H,16,17). The van der Waals surface area contributed by atoms with Crippen molar-refractivity contribution in [2.75, 3.05) is 6.54 Å². The number of nitrogens with zero attached hydrogens (tertiary/aromatic N) is 2. The summed E-state index contributed by atoms with van der Waals surface area (Å²) in [4.78, 5) is 35.8. The highest BCUT2D eigenvalue weighted by Gasteiger charge is 2.35. The van der Waals surface area contributed by atoms with E-state index in [1.165, 1.54) is 34.7 Å². The van der Waals surface area contributed by atoms with E-state index in [4.69, 9.17) is 5.11 Å². The van der Waals surface area contributed by atoms with Crippen molar-refractivity contribution in [3.63, 3.8) is 0 Å². The van der Waals surface area contributed by atoms with E-state index in [0.29, 0.717) is 0 Å². The van der Waals surface area contributed by atoms with Crippen LogP contribution in [0.2, 0.25) is 0 Å². The van der Waals surface area contributed by atoms with Gasteiger partial charge in [-0.05, 0) is 18.9 Å². The zero-order valence-electron chi connectivity index (χ0n) is 10.00. The van der Waals surface area contributed by atoms with Crippen molar-refractivity contribution in [1.82, 2.24) is 9.47 Å². The van der Waals surface area contributed by atoms with Crippen LogP contribution in [0.15, 0.2) is 23.0 Å². The molecule has 18 heavy (non-hydrogen) atoms. The highest BCUT2D eigenvalue weighted by Crippen LogP contribution is 2.27. The summed E-state index contributed by atoms with van der Waals surface area (Å²) in [5, 5.41) is 8.82. The Labute approximate surface area is 103 Å². The largest absolute Gasteiger partial charge is 0.480 e. The van der Waals surface area contributed by atoms with Gasteiger partial charge in [-0.2, -0.15) is 0 Å². The molecule has 1 amide bonds. The summed E-state index contributed by atoms with van der Waals surface area (Å²) in [5.41, 5.74) is -0.0671. The fourth-order valence-corrected chi connectivity index (χ4v) is 1.82. The normalized spacial score (nSPS) is 14.3. The number of aromatic nitrogens is 1. The summed E-state index contributed by atoms with van der Waals surface area (Å²) >= 11 is 0. The Balaban J connectivity index is 2.30. The second-order valence-corrected chi connectivity index (χ2v) is 4.37. The maximum absolute atomic E-state index is 12.2. The van der Waals surface area contributed by atoms with Crippen molar-refractivity contribution in [2.45, 2.75) is 18.9 Å². The summed E-state index contributed by atoms with van der Waals surface area (Å²) in [5.74, 6) is -1.45. The van der Waals surface area contributed by atoms with Crippen molar-refractivity contribution in [3.8, 4) is 0 Å². The van der Waals surface area contributed by atoms with E-state index >= 15 is 0 Å². The minimum Gasteiger partial charge on any atom is -0.480 e. The Morgan fingerprint density at radius 1 is 1.44 bits per heavy atom. The van der Waals surface area contributed by atoms with E-state index in [9.17, 15) is 14.4 Å². The second kappa shape index (κ2) is 4.64. The minimum atomic E-state index is -1.05. The molecular weight excluding hydrogens is 236 g/mol. The van der Waals surface area contributed by atoms with Gasteiger partial charge in [0.15, 0.2) is 0 Å². The fourth-order valence-electron chi connectivity index (χ4n) is 1.82. The summed E-state index contributed by atoms with van der Waals surface area (Å²) in [6.07, 6.45) is 1.64. The fraction of sp³-hybridized carbons (Fsp3) is 0.417. The molecule has 0 bridgehead atoms. The zero-order valence-corrected chi connectivity index (χ0v) is 10.00. The van der Waals surface area contributed by atoms with Crippen molar-refractivity contribution in [1.29, 1.82) is 0 Å². The third-order valence-electron chi connectivity index (χ3n) is 2.96. The van der Waals surface area contributed by atoms with Gasteiger partial charge in [0.2, 0.25) is 0 Å². The Hall–Kier alpha value is -2.11. The van der Waals surface area contributed by atoms with Gasteiger partial charge in [-0.3, -0.25) is 14.4 Å². The van der Waals surface area contributed by atoms with Crippen LogP contribution in [0.5, 0.6) is 0 Å². The van der Waals surface area contributed by atoms with E-state index in [1.54, 1.807) is 0 Å². The summed E-state index contributed by atoms with van der Waals surface area (Å²) in [7, 11) is 1.50. The molecule has 6 heteroatoms. The van der Waals surface area contributed by atoms with E-state index in [0.717, 1.165) is 12.8 Å². The number of carboxylic acid groups (broad SMARTS) is 1. The van der Waals surface area contributed by atoms with E-state index in [-0.39, 0.29) is 23.8 Å². The lowest BCUT2D eigenvalue weighted by atomic mass is 10.3. The third kappa shape index (κ3) is 2.42. The van der Waals surface area contributed by atoms with Crippen molar-refractivity contribution < 1.29 is 14.7 Å². The highest BCUT2D eigenvalue weighted by molar-refractivity contribution is 5.94. The molecule has 1 aliphatic carbocycles. The smallest absolute Gasteiger partial charge is 0.323 e. The first-order valence-electron chi connectivity index (χ1n) is 5.69. The van der Waals surface area contributed by atoms with Crippen LogP contribution in [0.1, 0.15) is 23.3 Å². The number of hydrogen-bond donors (Lipinski definition) is 1. The zero-order chi connectivity index (χ0) is 13.3. The third-order valence-corrected chi connectivity index (χ3v) is 2.96. The summed E-state index contributed by atoms with van der Waals surface area (Å²) in [6, 6.07) is 4.38. The SMILES string of the molecule is Cn1c(C(=O)N(CC(=O)O)C2CC2)cccc1=O. The topological polar surface area (TPSA) is 79.6 Å². The van der Waals surface area contributed by atoms with E-state index < -0.39 is 11.9 Å². The Kier molecular flexibility index (Phi) is 3.18. The van der Waals surface area contributed by atoms with Crippen LogP contribution in [0.4, 0.5) is 0 Å². The molecule has 1 fully saturated rings. The van der Waals surface area contributed by atoms with Crippen LogP contribution in [-0.2, 0) is 11.8 Å². The molecule has 0 atom stereocenters. The van der Waals surface area contributed by atoms with Gasteiger partial charge in [0.1, 0.15) is 12.2 Å². The first-order chi connectivity index (χ1) is 8.50. The maximum Gasteiger partial charge on any atom is 0.323 e. The number of carboxylic acids is 1. The number of amides is 1. The molecule has 1 aromatic rings. The molecule has 2 rings (SSSR count). The number of rotatable bonds is 4. The Morgan fingerprint density at radius 2 is 2.11 bits per heavy atom. The van der Waals surface area contributed by atoms with Crippen LogP contribution in [-0.4, -0.2) is 39.0 Å². The number of aliphatic carboxylic acids is 1. The predicted molar refractivity (Wildman–Crippen MR) is 63.4 cm³/mol. The maximum atomic E-state index is 12.2. The molecule has 0 unspecified atom stereocenters. The van der Waals surface area contributed by atoms with Crippen molar-refractivity contribution >= 4 is 11.9 Å². The van der Waals surface area contributed by atoms with Crippen LogP contribution in [0.3, 0.4) is 0 Å². The first kappa shape index (κ1) is 12.3. The molecule has 0 saturated heterocycles. The quantitative estimate of drug-likeness (QED) is 0.820. The molecule has 1 aliphatic rings. The molecule has 0 aromatic carbocycles. The minimum absolute atomic E-state index is 0.0103. The molecule has 0 spiro atoms. The van der Waals surface area contributed by atoms with Crippen LogP contribution >= 0.6 is 0 Å². The number of hydrogen-bond acceptors (Lipinski definition) is 3. The average molecular weight is 250 g/mol. The predicted octanol–water partition coefficient (Wildman–Crippen LogP) is 0.0745. The molecule has 96 valence electrons. The monoisotopic (exact) mass is 250 g/mol. The van der Waals surface area contributed by atoms with Crippen LogP contribution < -0.4 is 5.56 Å². The van der Waals surface area contributed by atoms with Gasteiger partial charge in [-0.15, -0.1) is 0 Å². The highest BCUT2D eigenvalue weighted by atomic mass is 16.4. The lowest BCUT2D eigenvalue weighted by Gasteiger charge is -2.21. The molecule has 6 nitrogen and oxygen atoms in total.